The minimum Gasteiger partial charge on any atom is -0.352 e. The quantitative estimate of drug-likeness (QED) is 0.735. The molecule has 0 spiro atoms. The maximum Gasteiger partial charge on any atom is 0.230 e. The largest absolute Gasteiger partial charge is 0.352 e. The lowest BCUT2D eigenvalue weighted by Gasteiger charge is -2.29. The molecule has 0 bridgehead atoms. The summed E-state index contributed by atoms with van der Waals surface area (Å²) in [5.74, 6) is 0.550. The van der Waals surface area contributed by atoms with E-state index in [0.29, 0.717) is 26.8 Å². The standard InChI is InChI=1S/C17H21FN4OS2/c1-11-6-2-4-8-13(11)19-15(23)10-24-17-22-21-16(25-17)20-14-9-5-3-7-12(14)18/h3,5,7,9,11,13H,2,4,6,8,10H2,1H3,(H,19,23)(H,20,21)/t11-,13+/m1/s1. The molecule has 1 amide bonds. The molecule has 134 valence electrons. The number of nitrogens with zero attached hydrogens (tertiary/aromatic N) is 2. The molecular weight excluding hydrogens is 359 g/mol. The van der Waals surface area contributed by atoms with E-state index >= 15 is 0 Å². The lowest BCUT2D eigenvalue weighted by atomic mass is 9.86. The number of aromatic nitrogens is 2. The smallest absolute Gasteiger partial charge is 0.230 e. The third kappa shape index (κ3) is 5.15. The Balaban J connectivity index is 1.48. The summed E-state index contributed by atoms with van der Waals surface area (Å²) in [5.41, 5.74) is 0.360. The van der Waals surface area contributed by atoms with E-state index in [-0.39, 0.29) is 17.8 Å². The van der Waals surface area contributed by atoms with Crippen LogP contribution in [0.5, 0.6) is 0 Å². The van der Waals surface area contributed by atoms with Crippen LogP contribution in [0.15, 0.2) is 28.6 Å². The van der Waals surface area contributed by atoms with Gasteiger partial charge in [-0.1, -0.05) is 55.0 Å². The van der Waals surface area contributed by atoms with Gasteiger partial charge in [0.05, 0.1) is 11.4 Å². The Kier molecular flexibility index (Phi) is 6.25. The van der Waals surface area contributed by atoms with Crippen LogP contribution in [0.4, 0.5) is 15.2 Å². The zero-order valence-electron chi connectivity index (χ0n) is 14.0. The van der Waals surface area contributed by atoms with Crippen molar-refractivity contribution in [2.24, 2.45) is 5.92 Å². The van der Waals surface area contributed by atoms with E-state index in [2.05, 4.69) is 27.8 Å². The fraction of sp³-hybridized carbons (Fsp3) is 0.471. The van der Waals surface area contributed by atoms with Crippen molar-refractivity contribution in [3.8, 4) is 0 Å². The van der Waals surface area contributed by atoms with Crippen molar-refractivity contribution in [1.29, 1.82) is 0 Å². The van der Waals surface area contributed by atoms with Gasteiger partial charge in [-0.2, -0.15) is 0 Å². The van der Waals surface area contributed by atoms with Crippen LogP contribution in [0.2, 0.25) is 0 Å². The number of carbonyl (C=O) groups excluding carboxylic acids is 1. The Morgan fingerprint density at radius 2 is 2.12 bits per heavy atom. The minimum absolute atomic E-state index is 0.0302. The van der Waals surface area contributed by atoms with Gasteiger partial charge in [0.1, 0.15) is 5.82 Å². The van der Waals surface area contributed by atoms with Crippen LogP contribution in [0.3, 0.4) is 0 Å². The predicted molar refractivity (Wildman–Crippen MR) is 99.9 cm³/mol. The fourth-order valence-electron chi connectivity index (χ4n) is 2.90. The van der Waals surface area contributed by atoms with Crippen LogP contribution in [0, 0.1) is 11.7 Å². The van der Waals surface area contributed by atoms with E-state index in [4.69, 9.17) is 0 Å². The molecule has 1 aliphatic rings. The van der Waals surface area contributed by atoms with E-state index in [9.17, 15) is 9.18 Å². The van der Waals surface area contributed by atoms with Gasteiger partial charge in [-0.15, -0.1) is 10.2 Å². The molecule has 0 unspecified atom stereocenters. The highest BCUT2D eigenvalue weighted by Crippen LogP contribution is 2.29. The normalized spacial score (nSPS) is 20.2. The Morgan fingerprint density at radius 3 is 2.92 bits per heavy atom. The molecular formula is C17H21FN4OS2. The number of carbonyl (C=O) groups is 1. The molecule has 8 heteroatoms. The summed E-state index contributed by atoms with van der Waals surface area (Å²) in [6.45, 7) is 2.20. The van der Waals surface area contributed by atoms with Crippen LogP contribution in [-0.4, -0.2) is 27.9 Å². The molecule has 0 saturated heterocycles. The SMILES string of the molecule is C[C@@H]1CCCC[C@@H]1NC(=O)CSc1nnc(Nc2ccccc2F)s1. The molecule has 1 aromatic carbocycles. The maximum atomic E-state index is 13.6. The average molecular weight is 381 g/mol. The Morgan fingerprint density at radius 1 is 1.32 bits per heavy atom. The fourth-order valence-corrected chi connectivity index (χ4v) is 4.48. The number of benzene rings is 1. The van der Waals surface area contributed by atoms with Gasteiger partial charge in [-0.3, -0.25) is 4.79 Å². The molecule has 0 radical (unpaired) electrons. The topological polar surface area (TPSA) is 66.9 Å². The molecule has 1 aromatic heterocycles. The van der Waals surface area contributed by atoms with Crippen molar-refractivity contribution in [3.63, 3.8) is 0 Å². The molecule has 3 rings (SSSR count). The van der Waals surface area contributed by atoms with Crippen LogP contribution >= 0.6 is 23.1 Å². The molecule has 1 aliphatic carbocycles. The predicted octanol–water partition coefficient (Wildman–Crippen LogP) is 4.21. The zero-order chi connectivity index (χ0) is 17.6. The molecule has 1 heterocycles. The minimum atomic E-state index is -0.340. The van der Waals surface area contributed by atoms with E-state index in [1.807, 2.05) is 0 Å². The van der Waals surface area contributed by atoms with Crippen LogP contribution < -0.4 is 10.6 Å². The highest BCUT2D eigenvalue weighted by molar-refractivity contribution is 8.01. The molecule has 25 heavy (non-hydrogen) atoms. The van der Waals surface area contributed by atoms with Crippen molar-refractivity contribution in [2.75, 3.05) is 11.1 Å². The van der Waals surface area contributed by atoms with Crippen molar-refractivity contribution in [1.82, 2.24) is 15.5 Å². The second-order valence-electron chi connectivity index (χ2n) is 6.20. The number of halogens is 1. The van der Waals surface area contributed by atoms with Gasteiger partial charge in [0, 0.05) is 6.04 Å². The highest BCUT2D eigenvalue weighted by atomic mass is 32.2. The summed E-state index contributed by atoms with van der Waals surface area (Å²) >= 11 is 2.66. The first kappa shape index (κ1) is 18.1. The third-order valence-electron chi connectivity index (χ3n) is 4.31. The van der Waals surface area contributed by atoms with Crippen molar-refractivity contribution >= 4 is 39.8 Å². The highest BCUT2D eigenvalue weighted by Gasteiger charge is 2.22. The van der Waals surface area contributed by atoms with Crippen LogP contribution in [0.1, 0.15) is 32.6 Å². The number of thioether (sulfide) groups is 1. The second-order valence-corrected chi connectivity index (χ2v) is 8.40. The van der Waals surface area contributed by atoms with Gasteiger partial charge in [0.25, 0.3) is 0 Å². The number of amides is 1. The van der Waals surface area contributed by atoms with Gasteiger partial charge in [-0.05, 0) is 30.9 Å². The van der Waals surface area contributed by atoms with Gasteiger partial charge >= 0.3 is 0 Å². The van der Waals surface area contributed by atoms with E-state index in [0.717, 1.165) is 6.42 Å². The first-order valence-corrected chi connectivity index (χ1v) is 10.2. The van der Waals surface area contributed by atoms with Gasteiger partial charge < -0.3 is 10.6 Å². The Labute approximate surface area is 154 Å². The third-order valence-corrected chi connectivity index (χ3v) is 6.28. The van der Waals surface area contributed by atoms with Crippen molar-refractivity contribution in [3.05, 3.63) is 30.1 Å². The summed E-state index contributed by atoms with van der Waals surface area (Å²) in [4.78, 5) is 12.1. The summed E-state index contributed by atoms with van der Waals surface area (Å²) in [6.07, 6.45) is 4.68. The molecule has 5 nitrogen and oxygen atoms in total. The molecule has 2 N–H and O–H groups in total. The molecule has 2 aromatic rings. The summed E-state index contributed by atoms with van der Waals surface area (Å²) in [6, 6.07) is 6.69. The Bertz CT molecular complexity index is 724. The van der Waals surface area contributed by atoms with E-state index < -0.39 is 0 Å². The summed E-state index contributed by atoms with van der Waals surface area (Å²) < 4.78 is 14.3. The number of hydrogen-bond donors (Lipinski definition) is 2. The van der Waals surface area contributed by atoms with E-state index in [1.54, 1.807) is 18.2 Å². The molecule has 1 saturated carbocycles. The lowest BCUT2D eigenvalue weighted by Crippen LogP contribution is -2.41. The summed E-state index contributed by atoms with van der Waals surface area (Å²) in [7, 11) is 0. The van der Waals surface area contributed by atoms with Gasteiger partial charge in [0.15, 0.2) is 4.34 Å². The first-order chi connectivity index (χ1) is 12.1. The zero-order valence-corrected chi connectivity index (χ0v) is 15.6. The van der Waals surface area contributed by atoms with Crippen molar-refractivity contribution < 1.29 is 9.18 Å². The number of para-hydroxylation sites is 1. The monoisotopic (exact) mass is 380 g/mol. The van der Waals surface area contributed by atoms with Crippen molar-refractivity contribution in [2.45, 2.75) is 43.0 Å². The Hall–Kier alpha value is -1.67. The second kappa shape index (κ2) is 8.62. The number of rotatable bonds is 6. The molecule has 1 fully saturated rings. The number of nitrogens with one attached hydrogen (secondary N) is 2. The van der Waals surface area contributed by atoms with Gasteiger partial charge in [0.2, 0.25) is 11.0 Å². The lowest BCUT2D eigenvalue weighted by molar-refractivity contribution is -0.119. The number of anilines is 2. The van der Waals surface area contributed by atoms with Crippen LogP contribution in [0.25, 0.3) is 0 Å². The van der Waals surface area contributed by atoms with Gasteiger partial charge in [-0.25, -0.2) is 4.39 Å². The first-order valence-electron chi connectivity index (χ1n) is 8.39. The van der Waals surface area contributed by atoms with E-state index in [1.165, 1.54) is 48.4 Å². The van der Waals surface area contributed by atoms with Crippen LogP contribution in [-0.2, 0) is 4.79 Å². The molecule has 2 atom stereocenters. The maximum absolute atomic E-state index is 13.6. The average Bonchev–Trinajstić information content (AvgIpc) is 3.05. The molecule has 0 aliphatic heterocycles. The summed E-state index contributed by atoms with van der Waals surface area (Å²) in [5, 5.41) is 14.6. The number of hydrogen-bond acceptors (Lipinski definition) is 6.